The zero-order valence-corrected chi connectivity index (χ0v) is 16.6. The number of ether oxygens (including phenoxy) is 1. The van der Waals surface area contributed by atoms with Crippen molar-refractivity contribution in [1.29, 1.82) is 0 Å². The lowest BCUT2D eigenvalue weighted by Crippen LogP contribution is -2.33. The molecule has 0 bridgehead atoms. The summed E-state index contributed by atoms with van der Waals surface area (Å²) in [5.74, 6) is 0.730. The second-order valence-corrected chi connectivity index (χ2v) is 7.85. The minimum atomic E-state index is -0.0394. The van der Waals surface area contributed by atoms with E-state index in [-0.39, 0.29) is 11.3 Å². The molecule has 0 saturated heterocycles. The number of hydrogen-bond acceptors (Lipinski definition) is 3. The third-order valence-corrected chi connectivity index (χ3v) is 4.26. The average Bonchev–Trinajstić information content (AvgIpc) is 2.56. The minimum Gasteiger partial charge on any atom is -0.492 e. The van der Waals surface area contributed by atoms with Crippen LogP contribution in [-0.2, 0) is 10.2 Å². The first-order valence-electron chi connectivity index (χ1n) is 8.71. The molecule has 0 aliphatic carbocycles. The highest BCUT2D eigenvalue weighted by Crippen LogP contribution is 2.23. The molecule has 5 heteroatoms. The summed E-state index contributed by atoms with van der Waals surface area (Å²) in [5.41, 5.74) is 2.16. The van der Waals surface area contributed by atoms with Crippen molar-refractivity contribution < 1.29 is 9.53 Å². The number of halogens is 1. The molecule has 1 N–H and O–H groups in total. The largest absolute Gasteiger partial charge is 0.492 e. The molecular weight excluding hydrogens is 348 g/mol. The Hall–Kier alpha value is -2.04. The molecule has 1 amide bonds. The zero-order valence-electron chi connectivity index (χ0n) is 15.9. The van der Waals surface area contributed by atoms with Crippen LogP contribution in [0.4, 0.5) is 5.69 Å². The second kappa shape index (κ2) is 9.06. The third-order valence-electron chi connectivity index (χ3n) is 4.00. The predicted molar refractivity (Wildman–Crippen MR) is 108 cm³/mol. The monoisotopic (exact) mass is 374 g/mol. The van der Waals surface area contributed by atoms with E-state index < -0.39 is 0 Å². The van der Waals surface area contributed by atoms with Gasteiger partial charge in [0.2, 0.25) is 5.91 Å². The Labute approximate surface area is 161 Å². The van der Waals surface area contributed by atoms with Crippen molar-refractivity contribution in [1.82, 2.24) is 4.90 Å². The van der Waals surface area contributed by atoms with Gasteiger partial charge < -0.3 is 10.1 Å². The van der Waals surface area contributed by atoms with Crippen LogP contribution in [0.5, 0.6) is 5.75 Å². The number of nitrogens with one attached hydrogen (secondary N) is 1. The first-order chi connectivity index (χ1) is 12.2. The van der Waals surface area contributed by atoms with Gasteiger partial charge in [0.25, 0.3) is 0 Å². The van der Waals surface area contributed by atoms with Crippen LogP contribution >= 0.6 is 11.6 Å². The summed E-state index contributed by atoms with van der Waals surface area (Å²) in [6, 6.07) is 15.2. The molecule has 2 aromatic rings. The molecule has 26 heavy (non-hydrogen) atoms. The van der Waals surface area contributed by atoms with Gasteiger partial charge in [0.05, 0.1) is 6.54 Å². The Morgan fingerprint density at radius 2 is 1.69 bits per heavy atom. The summed E-state index contributed by atoms with van der Waals surface area (Å²) in [6.45, 7) is 7.97. The van der Waals surface area contributed by atoms with Gasteiger partial charge in [-0.25, -0.2) is 0 Å². The van der Waals surface area contributed by atoms with Crippen molar-refractivity contribution in [2.24, 2.45) is 0 Å². The topological polar surface area (TPSA) is 41.6 Å². The van der Waals surface area contributed by atoms with Crippen molar-refractivity contribution in [3.63, 3.8) is 0 Å². The van der Waals surface area contributed by atoms with Crippen LogP contribution in [0.25, 0.3) is 0 Å². The van der Waals surface area contributed by atoms with Crippen molar-refractivity contribution in [2.45, 2.75) is 26.2 Å². The minimum absolute atomic E-state index is 0.0394. The Morgan fingerprint density at radius 1 is 1.08 bits per heavy atom. The van der Waals surface area contributed by atoms with Crippen molar-refractivity contribution in [3.8, 4) is 5.75 Å². The van der Waals surface area contributed by atoms with Crippen LogP contribution in [0.15, 0.2) is 48.5 Å². The molecule has 0 unspecified atom stereocenters. The summed E-state index contributed by atoms with van der Waals surface area (Å²) < 4.78 is 5.64. The number of amides is 1. The van der Waals surface area contributed by atoms with Crippen LogP contribution in [-0.4, -0.2) is 37.6 Å². The number of rotatable bonds is 7. The van der Waals surface area contributed by atoms with E-state index in [4.69, 9.17) is 16.3 Å². The van der Waals surface area contributed by atoms with Gasteiger partial charge in [-0.15, -0.1) is 0 Å². The molecule has 2 rings (SSSR count). The molecular formula is C21H27ClN2O2. The lowest BCUT2D eigenvalue weighted by atomic mass is 9.87. The molecule has 0 heterocycles. The fourth-order valence-corrected chi connectivity index (χ4v) is 2.55. The molecule has 0 aliphatic rings. The molecule has 0 spiro atoms. The number of carbonyl (C=O) groups is 1. The van der Waals surface area contributed by atoms with Gasteiger partial charge in [-0.05, 0) is 54.4 Å². The van der Waals surface area contributed by atoms with Gasteiger partial charge in [-0.1, -0.05) is 44.5 Å². The number of benzene rings is 2. The Morgan fingerprint density at radius 3 is 2.27 bits per heavy atom. The molecule has 4 nitrogen and oxygen atoms in total. The van der Waals surface area contributed by atoms with Crippen LogP contribution in [0.2, 0.25) is 5.02 Å². The Balaban J connectivity index is 1.73. The van der Waals surface area contributed by atoms with E-state index in [0.29, 0.717) is 24.7 Å². The van der Waals surface area contributed by atoms with Gasteiger partial charge in [0, 0.05) is 17.3 Å². The maximum absolute atomic E-state index is 12.2. The van der Waals surface area contributed by atoms with E-state index in [0.717, 1.165) is 11.4 Å². The molecule has 0 saturated carbocycles. The summed E-state index contributed by atoms with van der Waals surface area (Å²) in [5, 5.41) is 3.61. The molecule has 2 aromatic carbocycles. The maximum Gasteiger partial charge on any atom is 0.238 e. The lowest BCUT2D eigenvalue weighted by Gasteiger charge is -2.19. The van der Waals surface area contributed by atoms with E-state index in [2.05, 4.69) is 38.2 Å². The van der Waals surface area contributed by atoms with Gasteiger partial charge in [-0.3, -0.25) is 9.69 Å². The fourth-order valence-electron chi connectivity index (χ4n) is 2.43. The number of hydrogen-bond donors (Lipinski definition) is 1. The highest BCUT2D eigenvalue weighted by atomic mass is 35.5. The van der Waals surface area contributed by atoms with E-state index in [9.17, 15) is 4.79 Å². The van der Waals surface area contributed by atoms with Gasteiger partial charge in [0.1, 0.15) is 12.4 Å². The Bertz CT molecular complexity index is 706. The summed E-state index contributed by atoms with van der Waals surface area (Å²) in [6.07, 6.45) is 0. The SMILES string of the molecule is CN(CCOc1ccc(Cl)cc1)CC(=O)Nc1ccc(C(C)(C)C)cc1. The predicted octanol–water partition coefficient (Wildman–Crippen LogP) is 4.59. The molecule has 0 fully saturated rings. The number of carbonyl (C=O) groups excluding carboxylic acids is 1. The Kier molecular flexibility index (Phi) is 7.06. The molecule has 0 aromatic heterocycles. The van der Waals surface area contributed by atoms with Gasteiger partial charge in [-0.2, -0.15) is 0 Å². The summed E-state index contributed by atoms with van der Waals surface area (Å²) in [4.78, 5) is 14.1. The van der Waals surface area contributed by atoms with Crippen molar-refractivity contribution in [2.75, 3.05) is 32.1 Å². The van der Waals surface area contributed by atoms with Crippen molar-refractivity contribution in [3.05, 3.63) is 59.1 Å². The number of likely N-dealkylation sites (N-methyl/N-ethyl adjacent to an activating group) is 1. The third kappa shape index (κ3) is 6.70. The van der Waals surface area contributed by atoms with Crippen LogP contribution in [0.3, 0.4) is 0 Å². The first kappa shape index (κ1) is 20.3. The van der Waals surface area contributed by atoms with Crippen LogP contribution < -0.4 is 10.1 Å². The van der Waals surface area contributed by atoms with Crippen LogP contribution in [0, 0.1) is 0 Å². The lowest BCUT2D eigenvalue weighted by molar-refractivity contribution is -0.117. The van der Waals surface area contributed by atoms with E-state index in [1.54, 1.807) is 12.1 Å². The molecule has 140 valence electrons. The van der Waals surface area contributed by atoms with Crippen LogP contribution in [0.1, 0.15) is 26.3 Å². The van der Waals surface area contributed by atoms with E-state index >= 15 is 0 Å². The molecule has 0 aliphatic heterocycles. The van der Waals surface area contributed by atoms with Gasteiger partial charge in [0.15, 0.2) is 0 Å². The van der Waals surface area contributed by atoms with E-state index in [1.807, 2.05) is 36.2 Å². The van der Waals surface area contributed by atoms with Gasteiger partial charge >= 0.3 is 0 Å². The first-order valence-corrected chi connectivity index (χ1v) is 9.09. The van der Waals surface area contributed by atoms with Crippen molar-refractivity contribution >= 4 is 23.2 Å². The highest BCUT2D eigenvalue weighted by molar-refractivity contribution is 6.30. The standard InChI is InChI=1S/C21H27ClN2O2/c1-21(2,3)16-5-9-18(10-6-16)23-20(25)15-24(4)13-14-26-19-11-7-17(22)8-12-19/h5-12H,13-15H2,1-4H3,(H,23,25). The normalized spacial score (nSPS) is 11.5. The fraction of sp³-hybridized carbons (Fsp3) is 0.381. The number of nitrogens with zero attached hydrogens (tertiary/aromatic N) is 1. The number of anilines is 1. The smallest absolute Gasteiger partial charge is 0.238 e. The highest BCUT2D eigenvalue weighted by Gasteiger charge is 2.13. The quantitative estimate of drug-likeness (QED) is 0.770. The van der Waals surface area contributed by atoms with E-state index in [1.165, 1.54) is 5.56 Å². The zero-order chi connectivity index (χ0) is 19.2. The summed E-state index contributed by atoms with van der Waals surface area (Å²) in [7, 11) is 1.90. The second-order valence-electron chi connectivity index (χ2n) is 7.42. The molecule has 0 atom stereocenters. The summed E-state index contributed by atoms with van der Waals surface area (Å²) >= 11 is 5.84. The maximum atomic E-state index is 12.2. The average molecular weight is 375 g/mol. The molecule has 0 radical (unpaired) electrons.